The zero-order chi connectivity index (χ0) is 16.6. The van der Waals surface area contributed by atoms with Crippen LogP contribution in [0.15, 0.2) is 91.0 Å². The van der Waals surface area contributed by atoms with Gasteiger partial charge in [-0.2, -0.15) is 0 Å². The fourth-order valence-corrected chi connectivity index (χ4v) is 2.33. The summed E-state index contributed by atoms with van der Waals surface area (Å²) < 4.78 is 0. The first kappa shape index (κ1) is 15.6. The molecule has 3 rings (SSSR count). The summed E-state index contributed by atoms with van der Waals surface area (Å²) in [6.07, 6.45) is 0. The smallest absolute Gasteiger partial charge is 0.252 e. The van der Waals surface area contributed by atoms with Gasteiger partial charge in [-0.25, -0.2) is 0 Å². The molecule has 116 valence electrons. The quantitative estimate of drug-likeness (QED) is 0.721. The van der Waals surface area contributed by atoms with Gasteiger partial charge in [0.05, 0.1) is 0 Å². The van der Waals surface area contributed by atoms with E-state index in [1.807, 2.05) is 78.9 Å². The molecular formula is C22H17NO. The summed E-state index contributed by atoms with van der Waals surface area (Å²) in [6, 6.07) is 28.3. The molecule has 0 radical (unpaired) electrons. The fraction of sp³-hybridized carbons (Fsp3) is 0.0455. The lowest BCUT2D eigenvalue weighted by Gasteiger charge is -2.13. The van der Waals surface area contributed by atoms with E-state index in [0.29, 0.717) is 5.56 Å². The number of hydrogen-bond acceptors (Lipinski definition) is 1. The summed E-state index contributed by atoms with van der Waals surface area (Å²) >= 11 is 0. The van der Waals surface area contributed by atoms with Crippen LogP contribution in [0, 0.1) is 11.8 Å². The molecule has 1 amide bonds. The van der Waals surface area contributed by atoms with Gasteiger partial charge in [-0.3, -0.25) is 4.79 Å². The van der Waals surface area contributed by atoms with Gasteiger partial charge in [0, 0.05) is 11.1 Å². The van der Waals surface area contributed by atoms with Crippen LogP contribution >= 0.6 is 0 Å². The lowest BCUT2D eigenvalue weighted by atomic mass is 10.1. The van der Waals surface area contributed by atoms with Gasteiger partial charge in [-0.1, -0.05) is 78.6 Å². The third-order valence-corrected chi connectivity index (χ3v) is 3.58. The molecular weight excluding hydrogens is 294 g/mol. The highest BCUT2D eigenvalue weighted by atomic mass is 16.1. The predicted molar refractivity (Wildman–Crippen MR) is 96.4 cm³/mol. The molecule has 2 heteroatoms. The van der Waals surface area contributed by atoms with Crippen LogP contribution in [0.3, 0.4) is 0 Å². The number of nitrogens with one attached hydrogen (secondary N) is 1. The van der Waals surface area contributed by atoms with Crippen LogP contribution in [0.1, 0.15) is 27.5 Å². The number of amides is 1. The first-order valence-corrected chi connectivity index (χ1v) is 7.80. The molecule has 3 aromatic carbocycles. The molecule has 1 unspecified atom stereocenters. The zero-order valence-corrected chi connectivity index (χ0v) is 13.1. The van der Waals surface area contributed by atoms with E-state index in [4.69, 9.17) is 0 Å². The van der Waals surface area contributed by atoms with Crippen molar-refractivity contribution in [2.45, 2.75) is 6.04 Å². The maximum absolute atomic E-state index is 12.5. The van der Waals surface area contributed by atoms with Gasteiger partial charge in [0.15, 0.2) is 0 Å². The molecule has 0 heterocycles. The van der Waals surface area contributed by atoms with Crippen LogP contribution < -0.4 is 5.32 Å². The molecule has 0 aromatic heterocycles. The van der Waals surface area contributed by atoms with Gasteiger partial charge >= 0.3 is 0 Å². The Morgan fingerprint density at radius 1 is 0.750 bits per heavy atom. The highest BCUT2D eigenvalue weighted by Gasteiger charge is 2.13. The maximum Gasteiger partial charge on any atom is 0.252 e. The Bertz CT molecular complexity index is 846. The molecule has 0 spiro atoms. The highest BCUT2D eigenvalue weighted by Crippen LogP contribution is 2.13. The number of benzene rings is 3. The predicted octanol–water partition coefficient (Wildman–Crippen LogP) is 4.21. The summed E-state index contributed by atoms with van der Waals surface area (Å²) in [5.74, 6) is 6.17. The Balaban J connectivity index is 1.86. The monoisotopic (exact) mass is 311 g/mol. The molecule has 0 saturated carbocycles. The van der Waals surface area contributed by atoms with Crippen molar-refractivity contribution in [2.24, 2.45) is 0 Å². The maximum atomic E-state index is 12.5. The van der Waals surface area contributed by atoms with Crippen molar-refractivity contribution in [2.75, 3.05) is 0 Å². The molecule has 3 aromatic rings. The molecule has 0 saturated heterocycles. The lowest BCUT2D eigenvalue weighted by molar-refractivity contribution is 0.0945. The summed E-state index contributed by atoms with van der Waals surface area (Å²) in [5.41, 5.74) is 2.51. The van der Waals surface area contributed by atoms with E-state index in [0.717, 1.165) is 11.1 Å². The summed E-state index contributed by atoms with van der Waals surface area (Å²) in [7, 11) is 0. The topological polar surface area (TPSA) is 29.1 Å². The molecule has 1 atom stereocenters. The van der Waals surface area contributed by atoms with Gasteiger partial charge in [0.1, 0.15) is 6.04 Å². The van der Waals surface area contributed by atoms with E-state index >= 15 is 0 Å². The SMILES string of the molecule is O=C(NC(C#Cc1ccccc1)c1ccccc1)c1ccccc1. The second-order valence-electron chi connectivity index (χ2n) is 5.32. The molecule has 0 bridgehead atoms. The summed E-state index contributed by atoms with van der Waals surface area (Å²) in [5, 5.41) is 3.01. The third kappa shape index (κ3) is 4.12. The van der Waals surface area contributed by atoms with E-state index in [9.17, 15) is 4.79 Å². The standard InChI is InChI=1S/C22H17NO/c24-22(20-14-8-3-9-15-20)23-21(19-12-6-2-7-13-19)17-16-18-10-4-1-5-11-18/h1-15,21H,(H,23,24). The van der Waals surface area contributed by atoms with Crippen LogP contribution in [-0.2, 0) is 0 Å². The number of rotatable bonds is 3. The van der Waals surface area contributed by atoms with E-state index in [1.165, 1.54) is 0 Å². The minimum Gasteiger partial charge on any atom is -0.334 e. The van der Waals surface area contributed by atoms with Crippen LogP contribution in [0.25, 0.3) is 0 Å². The molecule has 1 N–H and O–H groups in total. The molecule has 2 nitrogen and oxygen atoms in total. The van der Waals surface area contributed by atoms with Crippen LogP contribution in [-0.4, -0.2) is 5.91 Å². The van der Waals surface area contributed by atoms with Gasteiger partial charge < -0.3 is 5.32 Å². The summed E-state index contributed by atoms with van der Waals surface area (Å²) in [4.78, 5) is 12.5. The normalized spacial score (nSPS) is 11.0. The number of hydrogen-bond donors (Lipinski definition) is 1. The minimum absolute atomic E-state index is 0.133. The van der Waals surface area contributed by atoms with Crippen molar-refractivity contribution >= 4 is 5.91 Å². The molecule has 0 aliphatic heterocycles. The second kappa shape index (κ2) is 7.80. The van der Waals surface area contributed by atoms with Gasteiger partial charge in [-0.05, 0) is 29.8 Å². The Morgan fingerprint density at radius 2 is 1.29 bits per heavy atom. The lowest BCUT2D eigenvalue weighted by Crippen LogP contribution is -2.27. The van der Waals surface area contributed by atoms with Gasteiger partial charge in [0.2, 0.25) is 0 Å². The van der Waals surface area contributed by atoms with Crippen molar-refractivity contribution in [1.29, 1.82) is 0 Å². The van der Waals surface area contributed by atoms with Crippen molar-refractivity contribution in [3.05, 3.63) is 108 Å². The third-order valence-electron chi connectivity index (χ3n) is 3.58. The van der Waals surface area contributed by atoms with E-state index in [2.05, 4.69) is 17.2 Å². The van der Waals surface area contributed by atoms with Crippen molar-refractivity contribution in [3.8, 4) is 11.8 Å². The molecule has 0 aliphatic rings. The largest absolute Gasteiger partial charge is 0.334 e. The Kier molecular flexibility index (Phi) is 5.07. The van der Waals surface area contributed by atoms with Gasteiger partial charge in [0.25, 0.3) is 5.91 Å². The first-order chi connectivity index (χ1) is 11.8. The Labute approximate surface area is 142 Å². The van der Waals surface area contributed by atoms with E-state index in [-0.39, 0.29) is 11.9 Å². The second-order valence-corrected chi connectivity index (χ2v) is 5.32. The fourth-order valence-electron chi connectivity index (χ4n) is 2.33. The summed E-state index contributed by atoms with van der Waals surface area (Å²) in [6.45, 7) is 0. The Morgan fingerprint density at radius 3 is 1.92 bits per heavy atom. The Hall–Kier alpha value is -3.31. The van der Waals surface area contributed by atoms with Crippen molar-refractivity contribution in [3.63, 3.8) is 0 Å². The number of carbonyl (C=O) groups excluding carboxylic acids is 1. The van der Waals surface area contributed by atoms with Crippen molar-refractivity contribution < 1.29 is 4.79 Å². The highest BCUT2D eigenvalue weighted by molar-refractivity contribution is 5.94. The average molecular weight is 311 g/mol. The minimum atomic E-state index is -0.362. The first-order valence-electron chi connectivity index (χ1n) is 7.80. The molecule has 0 aliphatic carbocycles. The average Bonchev–Trinajstić information content (AvgIpc) is 2.67. The molecule has 0 fully saturated rings. The van der Waals surface area contributed by atoms with Gasteiger partial charge in [-0.15, -0.1) is 0 Å². The van der Waals surface area contributed by atoms with Crippen LogP contribution in [0.5, 0.6) is 0 Å². The molecule has 24 heavy (non-hydrogen) atoms. The van der Waals surface area contributed by atoms with Crippen LogP contribution in [0.4, 0.5) is 0 Å². The number of carbonyl (C=O) groups is 1. The van der Waals surface area contributed by atoms with E-state index in [1.54, 1.807) is 12.1 Å². The zero-order valence-electron chi connectivity index (χ0n) is 13.1. The van der Waals surface area contributed by atoms with E-state index < -0.39 is 0 Å². The van der Waals surface area contributed by atoms with Crippen LogP contribution in [0.2, 0.25) is 0 Å². The van der Waals surface area contributed by atoms with Crippen molar-refractivity contribution in [1.82, 2.24) is 5.32 Å².